The summed E-state index contributed by atoms with van der Waals surface area (Å²) in [6, 6.07) is 17.7. The van der Waals surface area contributed by atoms with Gasteiger partial charge in [-0.2, -0.15) is 0 Å². The number of nitrogens with one attached hydrogen (secondary N) is 1. The minimum Gasteiger partial charge on any atom is -0.331 e. The molecule has 6 nitrogen and oxygen atoms in total. The van der Waals surface area contributed by atoms with Gasteiger partial charge in [0.05, 0.1) is 12.3 Å². The van der Waals surface area contributed by atoms with Gasteiger partial charge in [0.15, 0.2) is 0 Å². The second-order valence-corrected chi connectivity index (χ2v) is 9.63. The van der Waals surface area contributed by atoms with E-state index in [9.17, 15) is 13.2 Å². The first kappa shape index (κ1) is 21.3. The fraction of sp³-hybridized carbons (Fsp3) is 0.409. The van der Waals surface area contributed by atoms with Crippen molar-refractivity contribution in [3.63, 3.8) is 0 Å². The number of nitrogens with zero attached hydrogens (tertiary/aromatic N) is 2. The van der Waals surface area contributed by atoms with Crippen molar-refractivity contribution in [3.05, 3.63) is 60.2 Å². The van der Waals surface area contributed by atoms with E-state index in [1.54, 1.807) is 19.0 Å². The van der Waals surface area contributed by atoms with Crippen LogP contribution >= 0.6 is 0 Å². The average molecular weight is 416 g/mol. The summed E-state index contributed by atoms with van der Waals surface area (Å²) >= 11 is 0. The number of piperidine rings is 1. The summed E-state index contributed by atoms with van der Waals surface area (Å²) < 4.78 is 26.6. The van der Waals surface area contributed by atoms with Gasteiger partial charge >= 0.3 is 6.03 Å². The second-order valence-electron chi connectivity index (χ2n) is 7.85. The fourth-order valence-corrected chi connectivity index (χ4v) is 4.79. The molecule has 0 aliphatic carbocycles. The molecule has 0 spiro atoms. The average Bonchev–Trinajstić information content (AvgIpc) is 2.68. The van der Waals surface area contributed by atoms with Crippen LogP contribution in [0.2, 0.25) is 0 Å². The Morgan fingerprint density at radius 2 is 1.79 bits per heavy atom. The molecule has 2 amide bonds. The largest absolute Gasteiger partial charge is 0.331 e. The number of rotatable bonds is 5. The standard InChI is InChI=1S/C22H29N3O3S/c1-24(2)22(26)25-14-8-13-20(23-29(3,27)28)21(25)16-17-9-7-12-19(15-17)18-10-5-4-6-11-18/h4-7,9-12,15,20-21,23H,8,13-14,16H2,1-3H3/t20-,21-/m0/s1. The molecular weight excluding hydrogens is 386 g/mol. The molecule has 1 aliphatic rings. The summed E-state index contributed by atoms with van der Waals surface area (Å²) in [4.78, 5) is 16.1. The summed E-state index contributed by atoms with van der Waals surface area (Å²) in [7, 11) is 0.0794. The summed E-state index contributed by atoms with van der Waals surface area (Å²) in [5.41, 5.74) is 3.32. The highest BCUT2D eigenvalue weighted by molar-refractivity contribution is 7.88. The van der Waals surface area contributed by atoms with Gasteiger partial charge in [-0.15, -0.1) is 0 Å². The minimum atomic E-state index is -3.37. The molecule has 0 aromatic heterocycles. The molecule has 1 aliphatic heterocycles. The van der Waals surface area contributed by atoms with Crippen molar-refractivity contribution in [2.45, 2.75) is 31.3 Å². The van der Waals surface area contributed by atoms with Crippen molar-refractivity contribution in [1.82, 2.24) is 14.5 Å². The van der Waals surface area contributed by atoms with Crippen molar-refractivity contribution in [1.29, 1.82) is 0 Å². The maximum Gasteiger partial charge on any atom is 0.319 e. The predicted molar refractivity (Wildman–Crippen MR) is 116 cm³/mol. The highest BCUT2D eigenvalue weighted by Gasteiger charge is 2.36. The quantitative estimate of drug-likeness (QED) is 0.816. The lowest BCUT2D eigenvalue weighted by atomic mass is 9.90. The van der Waals surface area contributed by atoms with Crippen LogP contribution < -0.4 is 4.72 Å². The van der Waals surface area contributed by atoms with Gasteiger partial charge in [0.25, 0.3) is 0 Å². The Balaban J connectivity index is 1.91. The third-order valence-electron chi connectivity index (χ3n) is 5.25. The first-order valence-electron chi connectivity index (χ1n) is 9.84. The molecule has 0 saturated carbocycles. The Hall–Kier alpha value is -2.38. The van der Waals surface area contributed by atoms with Gasteiger partial charge in [-0.3, -0.25) is 0 Å². The summed E-state index contributed by atoms with van der Waals surface area (Å²) in [6.07, 6.45) is 3.25. The van der Waals surface area contributed by atoms with Crippen LogP contribution in [-0.4, -0.2) is 63.2 Å². The molecule has 2 aromatic carbocycles. The first-order chi connectivity index (χ1) is 13.7. The second kappa shape index (κ2) is 8.97. The molecule has 0 bridgehead atoms. The van der Waals surface area contributed by atoms with Crippen molar-refractivity contribution in [3.8, 4) is 11.1 Å². The van der Waals surface area contributed by atoms with Crippen molar-refractivity contribution in [2.75, 3.05) is 26.9 Å². The van der Waals surface area contributed by atoms with E-state index >= 15 is 0 Å². The monoisotopic (exact) mass is 415 g/mol. The first-order valence-corrected chi connectivity index (χ1v) is 11.7. The summed E-state index contributed by atoms with van der Waals surface area (Å²) in [6.45, 7) is 0.627. The molecule has 1 saturated heterocycles. The number of likely N-dealkylation sites (tertiary alicyclic amines) is 1. The third kappa shape index (κ3) is 5.58. The number of benzene rings is 2. The van der Waals surface area contributed by atoms with Crippen LogP contribution in [0.3, 0.4) is 0 Å². The SMILES string of the molecule is CN(C)C(=O)N1CCC[C@H](NS(C)(=O)=O)[C@@H]1Cc1cccc(-c2ccccc2)c1. The van der Waals surface area contributed by atoms with Crippen molar-refractivity contribution < 1.29 is 13.2 Å². The molecule has 29 heavy (non-hydrogen) atoms. The van der Waals surface area contributed by atoms with Crippen LogP contribution in [0.1, 0.15) is 18.4 Å². The van der Waals surface area contributed by atoms with Gasteiger partial charge in [0, 0.05) is 26.7 Å². The van der Waals surface area contributed by atoms with Crippen LogP contribution in [0.15, 0.2) is 54.6 Å². The van der Waals surface area contributed by atoms with Gasteiger partial charge in [0.1, 0.15) is 0 Å². The highest BCUT2D eigenvalue weighted by Crippen LogP contribution is 2.26. The van der Waals surface area contributed by atoms with Crippen molar-refractivity contribution >= 4 is 16.1 Å². The Labute approximate surface area is 173 Å². The predicted octanol–water partition coefficient (Wildman–Crippen LogP) is 2.96. The van der Waals surface area contributed by atoms with Crippen LogP contribution in [-0.2, 0) is 16.4 Å². The smallest absolute Gasteiger partial charge is 0.319 e. The molecule has 0 unspecified atom stereocenters. The Morgan fingerprint density at radius 1 is 1.10 bits per heavy atom. The number of urea groups is 1. The lowest BCUT2D eigenvalue weighted by Crippen LogP contribution is -2.59. The third-order valence-corrected chi connectivity index (χ3v) is 5.98. The molecule has 3 rings (SSSR count). The van der Waals surface area contributed by atoms with E-state index in [2.05, 4.69) is 29.0 Å². The van der Waals surface area contributed by atoms with Crippen molar-refractivity contribution in [2.24, 2.45) is 0 Å². The lowest BCUT2D eigenvalue weighted by Gasteiger charge is -2.42. The minimum absolute atomic E-state index is 0.0887. The highest BCUT2D eigenvalue weighted by atomic mass is 32.2. The molecule has 0 radical (unpaired) electrons. The Bertz CT molecular complexity index is 945. The zero-order valence-electron chi connectivity index (χ0n) is 17.2. The number of sulfonamides is 1. The molecule has 1 N–H and O–H groups in total. The van der Waals surface area contributed by atoms with E-state index in [1.165, 1.54) is 6.26 Å². The van der Waals surface area contributed by atoms with E-state index < -0.39 is 10.0 Å². The van der Waals surface area contributed by atoms with Crippen LogP contribution in [0.25, 0.3) is 11.1 Å². The zero-order valence-corrected chi connectivity index (χ0v) is 18.0. The van der Waals surface area contributed by atoms with Gasteiger partial charge in [-0.25, -0.2) is 17.9 Å². The normalized spacial score (nSPS) is 19.8. The van der Waals surface area contributed by atoms with Crippen LogP contribution in [0.4, 0.5) is 4.79 Å². The van der Waals surface area contributed by atoms with Gasteiger partial charge in [-0.1, -0.05) is 54.6 Å². The van der Waals surface area contributed by atoms with E-state index in [-0.39, 0.29) is 18.1 Å². The van der Waals surface area contributed by atoms with E-state index in [4.69, 9.17) is 0 Å². The molecule has 156 valence electrons. The molecule has 2 aromatic rings. The van der Waals surface area contributed by atoms with Gasteiger partial charge in [0.2, 0.25) is 10.0 Å². The molecule has 1 fully saturated rings. The van der Waals surface area contributed by atoms with Gasteiger partial charge in [-0.05, 0) is 36.0 Å². The van der Waals surface area contributed by atoms with Gasteiger partial charge < -0.3 is 9.80 Å². The summed E-state index contributed by atoms with van der Waals surface area (Å²) in [5.74, 6) is 0. The number of hydrogen-bond acceptors (Lipinski definition) is 3. The Kier molecular flexibility index (Phi) is 6.59. The molecule has 2 atom stereocenters. The van der Waals surface area contributed by atoms with E-state index in [1.807, 2.05) is 35.2 Å². The lowest BCUT2D eigenvalue weighted by molar-refractivity contribution is 0.114. The number of amides is 2. The maximum absolute atomic E-state index is 12.8. The maximum atomic E-state index is 12.8. The zero-order chi connectivity index (χ0) is 21.0. The van der Waals surface area contributed by atoms with E-state index in [0.29, 0.717) is 19.4 Å². The fourth-order valence-electron chi connectivity index (χ4n) is 3.97. The summed E-state index contributed by atoms with van der Waals surface area (Å²) in [5, 5.41) is 0. The topological polar surface area (TPSA) is 69.7 Å². The van der Waals surface area contributed by atoms with Crippen LogP contribution in [0, 0.1) is 0 Å². The number of hydrogen-bond donors (Lipinski definition) is 1. The van der Waals surface area contributed by atoms with Crippen LogP contribution in [0.5, 0.6) is 0 Å². The number of carbonyl (C=O) groups is 1. The molecule has 1 heterocycles. The number of carbonyl (C=O) groups excluding carboxylic acids is 1. The Morgan fingerprint density at radius 3 is 2.45 bits per heavy atom. The molecule has 7 heteroatoms. The molecular formula is C22H29N3O3S. The van der Waals surface area contributed by atoms with E-state index in [0.717, 1.165) is 23.1 Å².